The summed E-state index contributed by atoms with van der Waals surface area (Å²) in [6.07, 6.45) is 3.34. The molecule has 0 bridgehead atoms. The molecule has 1 aromatic carbocycles. The minimum Gasteiger partial charge on any atom is -0.507 e. The van der Waals surface area contributed by atoms with Crippen LogP contribution < -0.4 is 0 Å². The molecule has 1 N–H and O–H groups in total. The van der Waals surface area contributed by atoms with E-state index in [0.717, 1.165) is 5.56 Å². The topological polar surface area (TPSA) is 45.5 Å². The van der Waals surface area contributed by atoms with Gasteiger partial charge in [0.15, 0.2) is 5.82 Å². The predicted octanol–water partition coefficient (Wildman–Crippen LogP) is 3.84. The number of nitrogens with zero attached hydrogens (tertiary/aromatic N) is 2. The highest BCUT2D eigenvalue weighted by Gasteiger charge is 2.18. The van der Waals surface area contributed by atoms with Crippen molar-refractivity contribution in [3.05, 3.63) is 53.7 Å². The highest BCUT2D eigenvalue weighted by atomic mass is 16.3. The lowest BCUT2D eigenvalue weighted by Crippen LogP contribution is -2.11. The third-order valence-electron chi connectivity index (χ3n) is 2.86. The Bertz CT molecular complexity index is 583. The number of benzene rings is 1. The lowest BCUT2D eigenvalue weighted by atomic mass is 9.85. The molecule has 0 radical (unpaired) electrons. The fourth-order valence-corrected chi connectivity index (χ4v) is 1.84. The number of rotatable bonds is 2. The zero-order valence-electron chi connectivity index (χ0n) is 11.5. The molecular formula is C16H18N2O. The third-order valence-corrected chi connectivity index (χ3v) is 2.86. The summed E-state index contributed by atoms with van der Waals surface area (Å²) in [4.78, 5) is 8.38. The van der Waals surface area contributed by atoms with Crippen molar-refractivity contribution in [1.82, 2.24) is 4.98 Å². The summed E-state index contributed by atoms with van der Waals surface area (Å²) in [5.41, 5.74) is 1.52. The predicted molar refractivity (Wildman–Crippen MR) is 78.3 cm³/mol. The Balaban J connectivity index is 2.34. The van der Waals surface area contributed by atoms with Crippen LogP contribution in [0.15, 0.2) is 47.6 Å². The summed E-state index contributed by atoms with van der Waals surface area (Å²) in [5.74, 6) is 0.915. The van der Waals surface area contributed by atoms with Crippen LogP contribution >= 0.6 is 0 Å². The van der Waals surface area contributed by atoms with Gasteiger partial charge in [0.2, 0.25) is 0 Å². The number of para-hydroxylation sites is 1. The molecule has 3 heteroatoms. The summed E-state index contributed by atoms with van der Waals surface area (Å²) in [6, 6.07) is 11.3. The fourth-order valence-electron chi connectivity index (χ4n) is 1.84. The third kappa shape index (κ3) is 3.19. The number of aromatic nitrogens is 1. The number of pyridine rings is 1. The van der Waals surface area contributed by atoms with E-state index in [1.54, 1.807) is 12.4 Å². The van der Waals surface area contributed by atoms with Crippen molar-refractivity contribution in [1.29, 1.82) is 0 Å². The number of hydrogen-bond acceptors (Lipinski definition) is 3. The van der Waals surface area contributed by atoms with Crippen molar-refractivity contribution in [2.75, 3.05) is 0 Å². The minimum absolute atomic E-state index is 0.0983. The van der Waals surface area contributed by atoms with Crippen molar-refractivity contribution in [3.63, 3.8) is 0 Å². The summed E-state index contributed by atoms with van der Waals surface area (Å²) >= 11 is 0. The monoisotopic (exact) mass is 254 g/mol. The number of phenolic OH excluding ortho intramolecular Hbond substituents is 1. The second-order valence-corrected chi connectivity index (χ2v) is 5.44. The second kappa shape index (κ2) is 5.22. The van der Waals surface area contributed by atoms with E-state index in [4.69, 9.17) is 0 Å². The van der Waals surface area contributed by atoms with E-state index < -0.39 is 0 Å². The molecule has 0 aliphatic heterocycles. The molecule has 0 atom stereocenters. The summed E-state index contributed by atoms with van der Waals surface area (Å²) < 4.78 is 0. The normalized spacial score (nSPS) is 11.9. The Morgan fingerprint density at radius 2 is 1.89 bits per heavy atom. The summed E-state index contributed by atoms with van der Waals surface area (Å²) in [7, 11) is 0. The lowest BCUT2D eigenvalue weighted by Gasteiger charge is -2.21. The van der Waals surface area contributed by atoms with Crippen molar-refractivity contribution < 1.29 is 5.11 Å². The Morgan fingerprint density at radius 1 is 1.11 bits per heavy atom. The van der Waals surface area contributed by atoms with E-state index in [9.17, 15) is 5.11 Å². The Hall–Kier alpha value is -2.16. The number of aromatic hydroxyl groups is 1. The molecule has 3 nitrogen and oxygen atoms in total. The van der Waals surface area contributed by atoms with Gasteiger partial charge in [-0.1, -0.05) is 39.0 Å². The van der Waals surface area contributed by atoms with Crippen molar-refractivity contribution in [2.45, 2.75) is 26.2 Å². The van der Waals surface area contributed by atoms with Gasteiger partial charge >= 0.3 is 0 Å². The van der Waals surface area contributed by atoms with Crippen LogP contribution in [0.5, 0.6) is 5.75 Å². The quantitative estimate of drug-likeness (QED) is 0.828. The highest BCUT2D eigenvalue weighted by molar-refractivity contribution is 5.85. The van der Waals surface area contributed by atoms with Gasteiger partial charge in [-0.05, 0) is 29.2 Å². The average molecular weight is 254 g/mol. The molecule has 0 aliphatic rings. The van der Waals surface area contributed by atoms with Gasteiger partial charge < -0.3 is 5.11 Å². The molecule has 98 valence electrons. The first-order valence-corrected chi connectivity index (χ1v) is 6.26. The van der Waals surface area contributed by atoms with E-state index in [1.807, 2.05) is 36.4 Å². The minimum atomic E-state index is -0.0983. The Morgan fingerprint density at radius 3 is 2.53 bits per heavy atom. The molecule has 0 aliphatic carbocycles. The molecule has 2 aromatic rings. The standard InChI is InChI=1S/C16H18N2O/c1-16(2,3)13-8-6-7-12(15(13)19)11-18-14-9-4-5-10-17-14/h4-11,19H,1-3H3. The molecule has 1 heterocycles. The van der Waals surface area contributed by atoms with Crippen LogP contribution in [0.4, 0.5) is 5.82 Å². The van der Waals surface area contributed by atoms with Gasteiger partial charge in [-0.15, -0.1) is 0 Å². The molecule has 0 unspecified atom stereocenters. The van der Waals surface area contributed by atoms with Gasteiger partial charge in [-0.3, -0.25) is 0 Å². The van der Waals surface area contributed by atoms with Gasteiger partial charge in [0.25, 0.3) is 0 Å². The SMILES string of the molecule is CC(C)(C)c1cccc(C=Nc2ccccn2)c1O. The molecule has 2 rings (SSSR count). The van der Waals surface area contributed by atoms with Crippen LogP contribution in [0.3, 0.4) is 0 Å². The smallest absolute Gasteiger partial charge is 0.151 e. The van der Waals surface area contributed by atoms with Crippen molar-refractivity contribution in [3.8, 4) is 5.75 Å². The van der Waals surface area contributed by atoms with E-state index in [-0.39, 0.29) is 11.2 Å². The zero-order chi connectivity index (χ0) is 13.9. The molecule has 0 spiro atoms. The molecule has 1 aromatic heterocycles. The van der Waals surface area contributed by atoms with Crippen molar-refractivity contribution >= 4 is 12.0 Å². The summed E-state index contributed by atoms with van der Waals surface area (Å²) in [6.45, 7) is 6.21. The second-order valence-electron chi connectivity index (χ2n) is 5.44. The van der Waals surface area contributed by atoms with Gasteiger partial charge in [0, 0.05) is 18.0 Å². The van der Waals surface area contributed by atoms with Gasteiger partial charge in [0.1, 0.15) is 5.75 Å². The van der Waals surface area contributed by atoms with Crippen molar-refractivity contribution in [2.24, 2.45) is 4.99 Å². The largest absolute Gasteiger partial charge is 0.507 e. The van der Waals surface area contributed by atoms with Gasteiger partial charge in [-0.2, -0.15) is 0 Å². The van der Waals surface area contributed by atoms with Crippen LogP contribution in [0.25, 0.3) is 0 Å². The van der Waals surface area contributed by atoms with Gasteiger partial charge in [-0.25, -0.2) is 9.98 Å². The van der Waals surface area contributed by atoms with Crippen LogP contribution in [0.2, 0.25) is 0 Å². The lowest BCUT2D eigenvalue weighted by molar-refractivity contribution is 0.446. The van der Waals surface area contributed by atoms with Crippen LogP contribution in [0.1, 0.15) is 31.9 Å². The zero-order valence-corrected chi connectivity index (χ0v) is 11.5. The van der Waals surface area contributed by atoms with Crippen LogP contribution in [0, 0.1) is 0 Å². The summed E-state index contributed by atoms with van der Waals surface area (Å²) in [5, 5.41) is 10.3. The van der Waals surface area contributed by atoms with E-state index in [1.165, 1.54) is 0 Å². The highest BCUT2D eigenvalue weighted by Crippen LogP contribution is 2.32. The maximum Gasteiger partial charge on any atom is 0.151 e. The number of phenols is 1. The maximum absolute atomic E-state index is 10.3. The van der Waals surface area contributed by atoms with E-state index in [0.29, 0.717) is 11.4 Å². The fraction of sp³-hybridized carbons (Fsp3) is 0.250. The first-order valence-electron chi connectivity index (χ1n) is 6.26. The average Bonchev–Trinajstić information content (AvgIpc) is 2.37. The van der Waals surface area contributed by atoms with Crippen LogP contribution in [-0.4, -0.2) is 16.3 Å². The maximum atomic E-state index is 10.3. The van der Waals surface area contributed by atoms with E-state index >= 15 is 0 Å². The Kier molecular flexibility index (Phi) is 3.65. The first kappa shape index (κ1) is 13.3. The Labute approximate surface area is 113 Å². The number of hydrogen-bond donors (Lipinski definition) is 1. The molecular weight excluding hydrogens is 236 g/mol. The molecule has 0 saturated carbocycles. The molecule has 0 fully saturated rings. The van der Waals surface area contributed by atoms with Gasteiger partial charge in [0.05, 0.1) is 0 Å². The van der Waals surface area contributed by atoms with Crippen LogP contribution in [-0.2, 0) is 5.41 Å². The first-order chi connectivity index (χ1) is 8.98. The molecule has 0 amide bonds. The van der Waals surface area contributed by atoms with E-state index in [2.05, 4.69) is 30.7 Å². The molecule has 19 heavy (non-hydrogen) atoms. The molecule has 0 saturated heterocycles. The number of aliphatic imine (C=N–C) groups is 1.